The fourth-order valence-corrected chi connectivity index (χ4v) is 4.03. The first-order chi connectivity index (χ1) is 15.5. The standard InChI is InChI=1S/C25H24N4O2S/c1-3-28(24(31)22-10-7-15-32-22)17-23(30)27-25-26-21(19-8-5-4-6-9-19)16-29(25)20-13-11-18(2)12-14-20/h4-16H,3,17H2,1-2H3,(H,26,27,30). The van der Waals surface area contributed by atoms with Crippen molar-refractivity contribution in [3.63, 3.8) is 0 Å². The van der Waals surface area contributed by atoms with Gasteiger partial charge in [0, 0.05) is 24.0 Å². The molecule has 0 spiro atoms. The Morgan fingerprint density at radius 1 is 1.03 bits per heavy atom. The molecule has 1 N–H and O–H groups in total. The Labute approximate surface area is 191 Å². The second-order valence-electron chi connectivity index (χ2n) is 7.37. The Bertz CT molecular complexity index is 1200. The lowest BCUT2D eigenvalue weighted by atomic mass is 10.2. The summed E-state index contributed by atoms with van der Waals surface area (Å²) in [5.41, 5.74) is 3.75. The highest BCUT2D eigenvalue weighted by molar-refractivity contribution is 7.12. The molecule has 0 aliphatic carbocycles. The van der Waals surface area contributed by atoms with Crippen molar-refractivity contribution in [1.82, 2.24) is 14.5 Å². The summed E-state index contributed by atoms with van der Waals surface area (Å²) in [5.74, 6) is -0.0304. The van der Waals surface area contributed by atoms with Crippen LogP contribution in [0.1, 0.15) is 22.2 Å². The molecule has 0 bridgehead atoms. The molecule has 0 fully saturated rings. The maximum Gasteiger partial charge on any atom is 0.264 e. The minimum Gasteiger partial charge on any atom is -0.329 e. The van der Waals surface area contributed by atoms with Crippen molar-refractivity contribution in [1.29, 1.82) is 0 Å². The molecular formula is C25H24N4O2S. The van der Waals surface area contributed by atoms with Crippen LogP contribution in [-0.4, -0.2) is 39.4 Å². The zero-order valence-electron chi connectivity index (χ0n) is 18.0. The molecule has 6 nitrogen and oxygen atoms in total. The van der Waals surface area contributed by atoms with E-state index in [1.54, 1.807) is 6.07 Å². The van der Waals surface area contributed by atoms with Gasteiger partial charge in [-0.2, -0.15) is 0 Å². The van der Waals surface area contributed by atoms with Crippen molar-refractivity contribution in [2.45, 2.75) is 13.8 Å². The number of benzene rings is 2. The van der Waals surface area contributed by atoms with Gasteiger partial charge in [-0.05, 0) is 37.4 Å². The van der Waals surface area contributed by atoms with Crippen LogP contribution in [0.3, 0.4) is 0 Å². The first kappa shape index (κ1) is 21.5. The minimum atomic E-state index is -0.296. The summed E-state index contributed by atoms with van der Waals surface area (Å²) < 4.78 is 1.86. The van der Waals surface area contributed by atoms with Gasteiger partial charge in [-0.3, -0.25) is 19.5 Å². The van der Waals surface area contributed by atoms with E-state index in [2.05, 4.69) is 10.3 Å². The molecule has 4 aromatic rings. The van der Waals surface area contributed by atoms with Crippen molar-refractivity contribution in [2.24, 2.45) is 0 Å². The van der Waals surface area contributed by atoms with E-state index in [1.165, 1.54) is 16.2 Å². The molecule has 32 heavy (non-hydrogen) atoms. The van der Waals surface area contributed by atoms with E-state index in [4.69, 9.17) is 0 Å². The van der Waals surface area contributed by atoms with Gasteiger partial charge in [-0.1, -0.05) is 54.1 Å². The summed E-state index contributed by atoms with van der Waals surface area (Å²) in [6.07, 6.45) is 1.91. The summed E-state index contributed by atoms with van der Waals surface area (Å²) in [5, 5.41) is 4.75. The lowest BCUT2D eigenvalue weighted by Gasteiger charge is -2.19. The van der Waals surface area contributed by atoms with Crippen LogP contribution in [0.25, 0.3) is 16.9 Å². The van der Waals surface area contributed by atoms with Crippen molar-refractivity contribution in [2.75, 3.05) is 18.4 Å². The maximum atomic E-state index is 12.9. The molecule has 2 amide bonds. The molecule has 7 heteroatoms. The van der Waals surface area contributed by atoms with E-state index in [9.17, 15) is 9.59 Å². The number of hydrogen-bond donors (Lipinski definition) is 1. The molecule has 2 aromatic carbocycles. The summed E-state index contributed by atoms with van der Waals surface area (Å²) >= 11 is 1.37. The van der Waals surface area contributed by atoms with Crippen LogP contribution in [0.4, 0.5) is 5.95 Å². The number of nitrogens with zero attached hydrogens (tertiary/aromatic N) is 3. The predicted molar refractivity (Wildman–Crippen MR) is 128 cm³/mol. The number of carbonyl (C=O) groups is 2. The van der Waals surface area contributed by atoms with Crippen molar-refractivity contribution >= 4 is 29.1 Å². The Morgan fingerprint density at radius 3 is 2.44 bits per heavy atom. The normalized spacial score (nSPS) is 10.7. The Kier molecular flexibility index (Phi) is 6.47. The number of anilines is 1. The number of likely N-dealkylation sites (N-methyl/N-ethyl adjacent to an activating group) is 1. The van der Waals surface area contributed by atoms with E-state index >= 15 is 0 Å². The third-order valence-corrected chi connectivity index (χ3v) is 5.93. The number of carbonyl (C=O) groups excluding carboxylic acids is 2. The quantitative estimate of drug-likeness (QED) is 0.436. The van der Waals surface area contributed by atoms with Crippen molar-refractivity contribution in [3.05, 3.63) is 88.7 Å². The molecule has 2 heterocycles. The van der Waals surface area contributed by atoms with Gasteiger partial charge in [0.2, 0.25) is 11.9 Å². The minimum absolute atomic E-state index is 0.0470. The third-order valence-electron chi connectivity index (χ3n) is 5.07. The van der Waals surface area contributed by atoms with Crippen molar-refractivity contribution in [3.8, 4) is 16.9 Å². The maximum absolute atomic E-state index is 12.9. The number of nitrogens with one attached hydrogen (secondary N) is 1. The molecule has 0 aliphatic rings. The SMILES string of the molecule is CCN(CC(=O)Nc1nc(-c2ccccc2)cn1-c1ccc(C)cc1)C(=O)c1cccs1. The van der Waals surface area contributed by atoms with Crippen LogP contribution in [0.5, 0.6) is 0 Å². The average molecular weight is 445 g/mol. The summed E-state index contributed by atoms with van der Waals surface area (Å²) in [7, 11) is 0. The number of aryl methyl sites for hydroxylation is 1. The Hall–Kier alpha value is -3.71. The monoisotopic (exact) mass is 444 g/mol. The number of hydrogen-bond acceptors (Lipinski definition) is 4. The number of aromatic nitrogens is 2. The van der Waals surface area contributed by atoms with Crippen molar-refractivity contribution < 1.29 is 9.59 Å². The molecule has 162 valence electrons. The fourth-order valence-electron chi connectivity index (χ4n) is 3.34. The summed E-state index contributed by atoms with van der Waals surface area (Å²) in [4.78, 5) is 32.4. The number of rotatable bonds is 7. The van der Waals surface area contributed by atoms with Gasteiger partial charge in [0.15, 0.2) is 0 Å². The first-order valence-corrected chi connectivity index (χ1v) is 11.3. The zero-order chi connectivity index (χ0) is 22.5. The summed E-state index contributed by atoms with van der Waals surface area (Å²) in [6.45, 7) is 4.28. The molecule has 0 saturated carbocycles. The van der Waals surface area contributed by atoms with Crippen LogP contribution in [0.2, 0.25) is 0 Å². The molecule has 4 rings (SSSR count). The van der Waals surface area contributed by atoms with Crippen LogP contribution >= 0.6 is 11.3 Å². The van der Waals surface area contributed by atoms with Gasteiger partial charge >= 0.3 is 0 Å². The molecular weight excluding hydrogens is 420 g/mol. The first-order valence-electron chi connectivity index (χ1n) is 10.4. The second-order valence-corrected chi connectivity index (χ2v) is 8.31. The van der Waals surface area contributed by atoms with E-state index < -0.39 is 0 Å². The van der Waals surface area contributed by atoms with E-state index in [0.717, 1.165) is 22.5 Å². The highest BCUT2D eigenvalue weighted by Gasteiger charge is 2.20. The van der Waals surface area contributed by atoms with Gasteiger partial charge in [-0.25, -0.2) is 4.98 Å². The smallest absolute Gasteiger partial charge is 0.264 e. The molecule has 0 atom stereocenters. The van der Waals surface area contributed by atoms with Gasteiger partial charge in [0.25, 0.3) is 5.91 Å². The molecule has 0 saturated heterocycles. The van der Waals surface area contributed by atoms with Crippen LogP contribution < -0.4 is 5.32 Å². The molecule has 0 unspecified atom stereocenters. The van der Waals surface area contributed by atoms with Gasteiger partial charge in [0.05, 0.1) is 10.6 Å². The largest absolute Gasteiger partial charge is 0.329 e. The van der Waals surface area contributed by atoms with E-state index in [1.807, 2.05) is 90.7 Å². The topological polar surface area (TPSA) is 67.2 Å². The third kappa shape index (κ3) is 4.78. The van der Waals surface area contributed by atoms with E-state index in [0.29, 0.717) is 17.4 Å². The molecule has 2 aromatic heterocycles. The lowest BCUT2D eigenvalue weighted by molar-refractivity contribution is -0.116. The molecule has 0 radical (unpaired) electrons. The highest BCUT2D eigenvalue weighted by Crippen LogP contribution is 2.24. The van der Waals surface area contributed by atoms with Gasteiger partial charge in [0.1, 0.15) is 6.54 Å². The highest BCUT2D eigenvalue weighted by atomic mass is 32.1. The number of thiophene rings is 1. The Balaban J connectivity index is 1.60. The zero-order valence-corrected chi connectivity index (χ0v) is 18.8. The Morgan fingerprint density at radius 2 is 1.78 bits per heavy atom. The fraction of sp³-hybridized carbons (Fsp3) is 0.160. The number of imidazole rings is 1. The number of amides is 2. The van der Waals surface area contributed by atoms with E-state index in [-0.39, 0.29) is 18.4 Å². The van der Waals surface area contributed by atoms with Gasteiger partial charge < -0.3 is 4.90 Å². The molecule has 0 aliphatic heterocycles. The average Bonchev–Trinajstić information content (AvgIpc) is 3.49. The van der Waals surface area contributed by atoms with Crippen LogP contribution in [0, 0.1) is 6.92 Å². The van der Waals surface area contributed by atoms with Gasteiger partial charge in [-0.15, -0.1) is 11.3 Å². The van der Waals surface area contributed by atoms with Crippen LogP contribution in [0.15, 0.2) is 78.3 Å². The summed E-state index contributed by atoms with van der Waals surface area (Å²) in [6, 6.07) is 21.4. The second kappa shape index (κ2) is 9.62. The predicted octanol–water partition coefficient (Wildman–Crippen LogP) is 5.01. The van der Waals surface area contributed by atoms with Crippen LogP contribution in [-0.2, 0) is 4.79 Å². The lowest BCUT2D eigenvalue weighted by Crippen LogP contribution is -2.37.